The van der Waals surface area contributed by atoms with Crippen molar-refractivity contribution < 1.29 is 24.8 Å². The van der Waals surface area contributed by atoms with Gasteiger partial charge in [0.05, 0.1) is 13.2 Å². The molecule has 24 heavy (non-hydrogen) atoms. The molecule has 1 fully saturated rings. The third-order valence-electron chi connectivity index (χ3n) is 4.62. The van der Waals surface area contributed by atoms with E-state index in [1.54, 1.807) is 0 Å². The molecule has 1 rings (SSSR count). The first-order valence-corrected chi connectivity index (χ1v) is 9.51. The molecule has 1 heterocycles. The summed E-state index contributed by atoms with van der Waals surface area (Å²) in [6, 6.07) is 0. The maximum absolute atomic E-state index is 9.78. The van der Waals surface area contributed by atoms with Crippen molar-refractivity contribution in [2.45, 2.75) is 88.6 Å². The van der Waals surface area contributed by atoms with Crippen LogP contribution in [0.4, 0.5) is 0 Å². The standard InChI is InChI=1S/C19H36O5/c1-2-3-4-5-6-7-8-9-10-11-12-13-23-17(14-20)19-18(22)16(21)15-24-19/h2,16-22H,1,3-15H2/t16-,17+,18-,19-/m1/s1. The molecule has 0 aromatic carbocycles. The van der Waals surface area contributed by atoms with Crippen LogP contribution in [0.15, 0.2) is 12.7 Å². The van der Waals surface area contributed by atoms with E-state index in [0.29, 0.717) is 6.61 Å². The van der Waals surface area contributed by atoms with E-state index in [0.717, 1.165) is 19.3 Å². The highest BCUT2D eigenvalue weighted by Crippen LogP contribution is 2.20. The molecule has 5 heteroatoms. The van der Waals surface area contributed by atoms with Crippen LogP contribution in [0.1, 0.15) is 64.2 Å². The van der Waals surface area contributed by atoms with Gasteiger partial charge in [-0.3, -0.25) is 0 Å². The van der Waals surface area contributed by atoms with Crippen molar-refractivity contribution in [1.82, 2.24) is 0 Å². The fourth-order valence-corrected chi connectivity index (χ4v) is 3.07. The van der Waals surface area contributed by atoms with Crippen LogP contribution in [0.5, 0.6) is 0 Å². The van der Waals surface area contributed by atoms with E-state index >= 15 is 0 Å². The molecule has 1 aliphatic rings. The van der Waals surface area contributed by atoms with Crippen LogP contribution in [-0.2, 0) is 9.47 Å². The van der Waals surface area contributed by atoms with Gasteiger partial charge in [0.2, 0.25) is 0 Å². The Morgan fingerprint density at radius 2 is 1.58 bits per heavy atom. The first kappa shape index (κ1) is 21.6. The molecule has 0 aliphatic carbocycles. The molecule has 142 valence electrons. The van der Waals surface area contributed by atoms with Gasteiger partial charge in [0.15, 0.2) is 0 Å². The lowest BCUT2D eigenvalue weighted by Gasteiger charge is -2.24. The molecule has 4 atom stereocenters. The van der Waals surface area contributed by atoms with E-state index in [-0.39, 0.29) is 13.2 Å². The van der Waals surface area contributed by atoms with Gasteiger partial charge in [-0.25, -0.2) is 0 Å². The Hall–Kier alpha value is -0.460. The van der Waals surface area contributed by atoms with Crippen molar-refractivity contribution in [2.75, 3.05) is 19.8 Å². The van der Waals surface area contributed by atoms with Gasteiger partial charge in [-0.2, -0.15) is 0 Å². The SMILES string of the molecule is C=CCCCCCCCCCCCO[C@@H](CO)[C@H]1OC[C@@H](O)[C@H]1O. The topological polar surface area (TPSA) is 79.2 Å². The summed E-state index contributed by atoms with van der Waals surface area (Å²) in [5.74, 6) is 0. The summed E-state index contributed by atoms with van der Waals surface area (Å²) >= 11 is 0. The van der Waals surface area contributed by atoms with Gasteiger partial charge < -0.3 is 24.8 Å². The van der Waals surface area contributed by atoms with Crippen LogP contribution >= 0.6 is 0 Å². The predicted octanol–water partition coefficient (Wildman–Crippen LogP) is 2.57. The number of rotatable bonds is 15. The van der Waals surface area contributed by atoms with E-state index in [4.69, 9.17) is 9.47 Å². The lowest BCUT2D eigenvalue weighted by atomic mass is 10.1. The Balaban J connectivity index is 1.93. The summed E-state index contributed by atoms with van der Waals surface area (Å²) in [7, 11) is 0. The van der Waals surface area contributed by atoms with Crippen LogP contribution < -0.4 is 0 Å². The minimum Gasteiger partial charge on any atom is -0.394 e. The molecule has 0 bridgehead atoms. The summed E-state index contributed by atoms with van der Waals surface area (Å²) < 4.78 is 10.9. The minimum atomic E-state index is -0.978. The molecular weight excluding hydrogens is 308 g/mol. The molecule has 0 aromatic heterocycles. The van der Waals surface area contributed by atoms with Gasteiger partial charge >= 0.3 is 0 Å². The van der Waals surface area contributed by atoms with E-state index in [2.05, 4.69) is 6.58 Å². The molecule has 1 saturated heterocycles. The van der Waals surface area contributed by atoms with Crippen molar-refractivity contribution in [3.63, 3.8) is 0 Å². The van der Waals surface area contributed by atoms with Crippen LogP contribution in [0, 0.1) is 0 Å². The van der Waals surface area contributed by atoms with E-state index in [9.17, 15) is 15.3 Å². The highest BCUT2D eigenvalue weighted by Gasteiger charge is 2.40. The number of hydrogen-bond acceptors (Lipinski definition) is 5. The maximum Gasteiger partial charge on any atom is 0.114 e. The first-order valence-electron chi connectivity index (χ1n) is 9.51. The summed E-state index contributed by atoms with van der Waals surface area (Å²) in [5.41, 5.74) is 0. The Kier molecular flexibility index (Phi) is 12.4. The molecular formula is C19H36O5. The molecule has 0 spiro atoms. The third kappa shape index (κ3) is 8.58. The minimum absolute atomic E-state index is 0.0965. The number of unbranched alkanes of at least 4 members (excludes halogenated alkanes) is 9. The van der Waals surface area contributed by atoms with E-state index < -0.39 is 24.4 Å². The molecule has 0 radical (unpaired) electrons. The lowest BCUT2D eigenvalue weighted by Crippen LogP contribution is -2.42. The zero-order chi connectivity index (χ0) is 17.6. The number of allylic oxidation sites excluding steroid dienone is 1. The number of ether oxygens (including phenoxy) is 2. The summed E-state index contributed by atoms with van der Waals surface area (Å²) in [6.07, 6.45) is 11.1. The van der Waals surface area contributed by atoms with Gasteiger partial charge in [-0.15, -0.1) is 6.58 Å². The zero-order valence-corrected chi connectivity index (χ0v) is 14.9. The fourth-order valence-electron chi connectivity index (χ4n) is 3.07. The normalized spacial score (nSPS) is 25.0. The molecule has 0 saturated carbocycles. The van der Waals surface area contributed by atoms with E-state index in [1.165, 1.54) is 44.9 Å². The number of aliphatic hydroxyl groups excluding tert-OH is 3. The third-order valence-corrected chi connectivity index (χ3v) is 4.62. The Morgan fingerprint density at radius 3 is 2.08 bits per heavy atom. The summed E-state index contributed by atoms with van der Waals surface area (Å²) in [6.45, 7) is 4.17. The van der Waals surface area contributed by atoms with E-state index in [1.807, 2.05) is 6.08 Å². The average Bonchev–Trinajstić information content (AvgIpc) is 2.92. The molecule has 0 amide bonds. The highest BCUT2D eigenvalue weighted by molar-refractivity contribution is 4.88. The lowest BCUT2D eigenvalue weighted by molar-refractivity contribution is -0.101. The molecule has 0 aromatic rings. The molecule has 3 N–H and O–H groups in total. The molecule has 5 nitrogen and oxygen atoms in total. The average molecular weight is 344 g/mol. The van der Waals surface area contributed by atoms with Gasteiger partial charge in [0.1, 0.15) is 24.4 Å². The predicted molar refractivity (Wildman–Crippen MR) is 94.9 cm³/mol. The number of hydrogen-bond donors (Lipinski definition) is 3. The fraction of sp³-hybridized carbons (Fsp3) is 0.895. The first-order chi connectivity index (χ1) is 11.7. The molecule has 1 aliphatic heterocycles. The van der Waals surface area contributed by atoms with Crippen LogP contribution in [0.3, 0.4) is 0 Å². The summed E-state index contributed by atoms with van der Waals surface area (Å²) in [4.78, 5) is 0. The maximum atomic E-state index is 9.78. The summed E-state index contributed by atoms with van der Waals surface area (Å²) in [5, 5.41) is 28.6. The second-order valence-corrected chi connectivity index (χ2v) is 6.71. The van der Waals surface area contributed by atoms with Crippen LogP contribution in [0.2, 0.25) is 0 Å². The smallest absolute Gasteiger partial charge is 0.114 e. The quantitative estimate of drug-likeness (QED) is 0.314. The van der Waals surface area contributed by atoms with Gasteiger partial charge in [0, 0.05) is 6.61 Å². The molecule has 0 unspecified atom stereocenters. The Morgan fingerprint density at radius 1 is 1.00 bits per heavy atom. The van der Waals surface area contributed by atoms with Crippen molar-refractivity contribution in [3.8, 4) is 0 Å². The second-order valence-electron chi connectivity index (χ2n) is 6.71. The van der Waals surface area contributed by atoms with Crippen LogP contribution in [0.25, 0.3) is 0 Å². The van der Waals surface area contributed by atoms with Crippen molar-refractivity contribution >= 4 is 0 Å². The van der Waals surface area contributed by atoms with Crippen molar-refractivity contribution in [1.29, 1.82) is 0 Å². The largest absolute Gasteiger partial charge is 0.394 e. The van der Waals surface area contributed by atoms with Crippen molar-refractivity contribution in [2.24, 2.45) is 0 Å². The second kappa shape index (κ2) is 13.8. The zero-order valence-electron chi connectivity index (χ0n) is 14.9. The highest BCUT2D eigenvalue weighted by atomic mass is 16.6. The van der Waals surface area contributed by atoms with Crippen LogP contribution in [-0.4, -0.2) is 59.6 Å². The Bertz CT molecular complexity index is 310. The Labute approximate surface area is 146 Å². The van der Waals surface area contributed by atoms with Gasteiger partial charge in [-0.05, 0) is 19.3 Å². The monoisotopic (exact) mass is 344 g/mol. The van der Waals surface area contributed by atoms with Gasteiger partial charge in [0.25, 0.3) is 0 Å². The van der Waals surface area contributed by atoms with Crippen molar-refractivity contribution in [3.05, 3.63) is 12.7 Å². The number of aliphatic hydroxyl groups is 3. The van der Waals surface area contributed by atoms with Gasteiger partial charge in [-0.1, -0.05) is 51.0 Å².